The summed E-state index contributed by atoms with van der Waals surface area (Å²) in [5.41, 5.74) is 2.15. The number of hydrogen-bond acceptors (Lipinski definition) is 5. The third kappa shape index (κ3) is 6.98. The summed E-state index contributed by atoms with van der Waals surface area (Å²) in [6.45, 7) is 10.4. The minimum Gasteiger partial charge on any atom is -0.388 e. The Morgan fingerprint density at radius 1 is 1.14 bits per heavy atom. The SMILES string of the molecule is C=CC(OCCCC)C1OCc2ccccc2COCC(O)[C@H]1OCCCC. The van der Waals surface area contributed by atoms with Crippen molar-refractivity contribution in [1.29, 1.82) is 0 Å². The Balaban J connectivity index is 2.23. The molecule has 1 aliphatic heterocycles. The second kappa shape index (κ2) is 13.1. The van der Waals surface area contributed by atoms with Crippen molar-refractivity contribution in [2.24, 2.45) is 0 Å². The van der Waals surface area contributed by atoms with E-state index in [1.165, 1.54) is 0 Å². The lowest BCUT2D eigenvalue weighted by Gasteiger charge is -2.35. The van der Waals surface area contributed by atoms with Crippen molar-refractivity contribution in [2.75, 3.05) is 19.8 Å². The van der Waals surface area contributed by atoms with Crippen LogP contribution in [0.15, 0.2) is 36.9 Å². The molecule has 0 saturated carbocycles. The summed E-state index contributed by atoms with van der Waals surface area (Å²) in [7, 11) is 0. The second-order valence-corrected chi connectivity index (χ2v) is 7.24. The molecular formula is C23H36O5. The molecule has 158 valence electrons. The van der Waals surface area contributed by atoms with Crippen molar-refractivity contribution in [3.05, 3.63) is 48.0 Å². The molecule has 1 aliphatic rings. The van der Waals surface area contributed by atoms with Crippen LogP contribution in [0.1, 0.15) is 50.7 Å². The van der Waals surface area contributed by atoms with E-state index in [2.05, 4.69) is 20.4 Å². The Bertz CT molecular complexity index is 562. The van der Waals surface area contributed by atoms with E-state index in [1.54, 1.807) is 6.08 Å². The molecule has 0 saturated heterocycles. The van der Waals surface area contributed by atoms with E-state index in [0.717, 1.165) is 36.8 Å². The predicted octanol–water partition coefficient (Wildman–Crippen LogP) is 4.02. The molecule has 1 N–H and O–H groups in total. The Kier molecular flexibility index (Phi) is 10.8. The molecule has 5 heteroatoms. The van der Waals surface area contributed by atoms with Crippen LogP contribution in [0.4, 0.5) is 0 Å². The molecule has 0 aliphatic carbocycles. The fourth-order valence-electron chi connectivity index (χ4n) is 3.24. The molecule has 0 amide bonds. The summed E-state index contributed by atoms with van der Waals surface area (Å²) < 4.78 is 24.2. The average molecular weight is 393 g/mol. The third-order valence-electron chi connectivity index (χ3n) is 4.97. The van der Waals surface area contributed by atoms with Gasteiger partial charge in [0.2, 0.25) is 0 Å². The van der Waals surface area contributed by atoms with Crippen LogP contribution >= 0.6 is 0 Å². The van der Waals surface area contributed by atoms with E-state index < -0.39 is 18.3 Å². The molecule has 0 fully saturated rings. The van der Waals surface area contributed by atoms with Crippen LogP contribution in [0.5, 0.6) is 0 Å². The summed E-state index contributed by atoms with van der Waals surface area (Å²) >= 11 is 0. The van der Waals surface area contributed by atoms with Gasteiger partial charge in [-0.3, -0.25) is 0 Å². The number of hydrogen-bond donors (Lipinski definition) is 1. The molecule has 0 aromatic heterocycles. The molecule has 4 atom stereocenters. The summed E-state index contributed by atoms with van der Waals surface area (Å²) in [6, 6.07) is 8.05. The van der Waals surface area contributed by atoms with Crippen molar-refractivity contribution in [1.82, 2.24) is 0 Å². The van der Waals surface area contributed by atoms with E-state index in [9.17, 15) is 5.11 Å². The fraction of sp³-hybridized carbons (Fsp3) is 0.652. The molecule has 0 bridgehead atoms. The van der Waals surface area contributed by atoms with Gasteiger partial charge in [0.05, 0.1) is 19.8 Å². The van der Waals surface area contributed by atoms with Crippen molar-refractivity contribution in [3.8, 4) is 0 Å². The summed E-state index contributed by atoms with van der Waals surface area (Å²) in [4.78, 5) is 0. The Morgan fingerprint density at radius 3 is 2.50 bits per heavy atom. The van der Waals surface area contributed by atoms with Gasteiger partial charge in [-0.25, -0.2) is 0 Å². The lowest BCUT2D eigenvalue weighted by atomic mass is 10.0. The van der Waals surface area contributed by atoms with Gasteiger partial charge in [-0.05, 0) is 24.0 Å². The molecule has 3 unspecified atom stereocenters. The fourth-order valence-corrected chi connectivity index (χ4v) is 3.24. The quantitative estimate of drug-likeness (QED) is 0.481. The molecule has 5 nitrogen and oxygen atoms in total. The van der Waals surface area contributed by atoms with E-state index in [1.807, 2.05) is 24.3 Å². The minimum atomic E-state index is -0.802. The van der Waals surface area contributed by atoms with Gasteiger partial charge in [-0.15, -0.1) is 6.58 Å². The van der Waals surface area contributed by atoms with Gasteiger partial charge in [0.15, 0.2) is 0 Å². The summed E-state index contributed by atoms with van der Waals surface area (Å²) in [6.07, 6.45) is 3.55. The smallest absolute Gasteiger partial charge is 0.116 e. The number of fused-ring (bicyclic) bond motifs is 1. The number of aliphatic hydroxyl groups excluding tert-OH is 1. The van der Waals surface area contributed by atoms with Gasteiger partial charge in [0.25, 0.3) is 0 Å². The third-order valence-corrected chi connectivity index (χ3v) is 4.97. The number of unbranched alkanes of at least 4 members (excludes halogenated alkanes) is 2. The van der Waals surface area contributed by atoms with Crippen LogP contribution < -0.4 is 0 Å². The van der Waals surface area contributed by atoms with Crippen LogP contribution in [-0.4, -0.2) is 49.3 Å². The minimum absolute atomic E-state index is 0.184. The normalized spacial score (nSPS) is 24.3. The van der Waals surface area contributed by atoms with Crippen LogP contribution in [0, 0.1) is 0 Å². The van der Waals surface area contributed by atoms with Gasteiger partial charge >= 0.3 is 0 Å². The highest BCUT2D eigenvalue weighted by molar-refractivity contribution is 5.26. The maximum atomic E-state index is 10.8. The lowest BCUT2D eigenvalue weighted by Crippen LogP contribution is -2.50. The topological polar surface area (TPSA) is 57.2 Å². The van der Waals surface area contributed by atoms with Crippen LogP contribution in [0.2, 0.25) is 0 Å². The van der Waals surface area contributed by atoms with Gasteiger partial charge in [0.1, 0.15) is 24.4 Å². The highest BCUT2D eigenvalue weighted by Crippen LogP contribution is 2.23. The molecule has 1 aromatic carbocycles. The van der Waals surface area contributed by atoms with E-state index >= 15 is 0 Å². The van der Waals surface area contributed by atoms with Crippen LogP contribution in [0.3, 0.4) is 0 Å². The van der Waals surface area contributed by atoms with Crippen molar-refractivity contribution >= 4 is 0 Å². The average Bonchev–Trinajstić information content (AvgIpc) is 2.71. The monoisotopic (exact) mass is 392 g/mol. The molecule has 0 spiro atoms. The first-order chi connectivity index (χ1) is 13.7. The number of benzene rings is 1. The Hall–Kier alpha value is -1.24. The van der Waals surface area contributed by atoms with Gasteiger partial charge < -0.3 is 24.1 Å². The second-order valence-electron chi connectivity index (χ2n) is 7.24. The zero-order chi connectivity index (χ0) is 20.2. The maximum Gasteiger partial charge on any atom is 0.116 e. The van der Waals surface area contributed by atoms with Crippen molar-refractivity contribution in [2.45, 2.75) is 77.2 Å². The number of ether oxygens (including phenoxy) is 4. The number of rotatable bonds is 10. The largest absolute Gasteiger partial charge is 0.388 e. The summed E-state index contributed by atoms with van der Waals surface area (Å²) in [5, 5.41) is 10.8. The first-order valence-corrected chi connectivity index (χ1v) is 10.5. The number of aliphatic hydroxyl groups is 1. The highest BCUT2D eigenvalue weighted by atomic mass is 16.6. The van der Waals surface area contributed by atoms with E-state index in [0.29, 0.717) is 26.4 Å². The van der Waals surface area contributed by atoms with Gasteiger partial charge in [-0.1, -0.05) is 57.0 Å². The Labute approximate surface area is 169 Å². The standard InChI is InChI=1S/C23H36O5/c1-4-7-13-26-21(6-3)23-22(27-14-8-5-2)20(24)17-25-15-18-11-9-10-12-19(18)16-28-23/h6,9-12,20-24H,3-5,7-8,13-17H2,1-2H3/t20?,21?,22-,23?/m1/s1. The predicted molar refractivity (Wildman–Crippen MR) is 110 cm³/mol. The lowest BCUT2D eigenvalue weighted by molar-refractivity contribution is -0.175. The summed E-state index contributed by atoms with van der Waals surface area (Å²) in [5.74, 6) is 0. The molecule has 1 heterocycles. The molecule has 28 heavy (non-hydrogen) atoms. The van der Waals surface area contributed by atoms with Crippen LogP contribution in [0.25, 0.3) is 0 Å². The molecule has 2 rings (SSSR count). The zero-order valence-corrected chi connectivity index (χ0v) is 17.3. The van der Waals surface area contributed by atoms with Gasteiger partial charge in [-0.2, -0.15) is 0 Å². The van der Waals surface area contributed by atoms with Crippen LogP contribution in [-0.2, 0) is 32.2 Å². The van der Waals surface area contributed by atoms with Crippen molar-refractivity contribution < 1.29 is 24.1 Å². The molecule has 0 radical (unpaired) electrons. The zero-order valence-electron chi connectivity index (χ0n) is 17.3. The Morgan fingerprint density at radius 2 is 1.82 bits per heavy atom. The van der Waals surface area contributed by atoms with Gasteiger partial charge in [0, 0.05) is 13.2 Å². The first-order valence-electron chi connectivity index (χ1n) is 10.5. The van der Waals surface area contributed by atoms with E-state index in [4.69, 9.17) is 18.9 Å². The van der Waals surface area contributed by atoms with Crippen molar-refractivity contribution in [3.63, 3.8) is 0 Å². The maximum absolute atomic E-state index is 10.8. The molecule has 1 aromatic rings. The van der Waals surface area contributed by atoms with E-state index in [-0.39, 0.29) is 12.7 Å². The first kappa shape index (κ1) is 23.0. The molecular weight excluding hydrogens is 356 g/mol. The highest BCUT2D eigenvalue weighted by Gasteiger charge is 2.36.